The molecule has 1 N–H and O–H groups in total. The van der Waals surface area contributed by atoms with E-state index in [9.17, 15) is 9.00 Å². The molecule has 0 aliphatic heterocycles. The highest BCUT2D eigenvalue weighted by Crippen LogP contribution is 2.09. The Morgan fingerprint density at radius 3 is 3.00 bits per heavy atom. The summed E-state index contributed by atoms with van der Waals surface area (Å²) in [6.45, 7) is 1.56. The number of aromatic nitrogens is 1. The van der Waals surface area contributed by atoms with Gasteiger partial charge in [0.15, 0.2) is 0 Å². The number of carboxylic acids is 1. The normalized spacial score (nSPS) is 14.9. The van der Waals surface area contributed by atoms with Crippen LogP contribution in [0.3, 0.4) is 0 Å². The lowest BCUT2D eigenvalue weighted by Gasteiger charge is -2.04. The van der Waals surface area contributed by atoms with Gasteiger partial charge in [-0.25, -0.2) is 4.98 Å². The summed E-state index contributed by atoms with van der Waals surface area (Å²) in [4.78, 5) is 14.5. The van der Waals surface area contributed by atoms with Crippen molar-refractivity contribution in [2.75, 3.05) is 5.75 Å². The topological polar surface area (TPSA) is 67.3 Å². The fourth-order valence-corrected chi connectivity index (χ4v) is 3.11. The largest absolute Gasteiger partial charge is 0.481 e. The van der Waals surface area contributed by atoms with Crippen LogP contribution in [0.4, 0.5) is 0 Å². The predicted octanol–water partition coefficient (Wildman–Crippen LogP) is 1.11. The molecule has 0 fully saturated rings. The average Bonchev–Trinajstić information content (AvgIpc) is 2.56. The zero-order valence-electron chi connectivity index (χ0n) is 7.67. The molecule has 0 aliphatic carbocycles. The van der Waals surface area contributed by atoms with Gasteiger partial charge < -0.3 is 5.11 Å². The predicted molar refractivity (Wildman–Crippen MR) is 55.6 cm³/mol. The lowest BCUT2D eigenvalue weighted by atomic mass is 10.2. The molecule has 1 aromatic rings. The van der Waals surface area contributed by atoms with Crippen molar-refractivity contribution in [2.24, 2.45) is 5.92 Å². The molecular weight excluding hydrogens is 222 g/mol. The van der Waals surface area contributed by atoms with E-state index < -0.39 is 22.7 Å². The average molecular weight is 233 g/mol. The lowest BCUT2D eigenvalue weighted by molar-refractivity contribution is -0.140. The van der Waals surface area contributed by atoms with E-state index in [1.54, 1.807) is 13.1 Å². The molecule has 4 nitrogen and oxygen atoms in total. The van der Waals surface area contributed by atoms with Crippen molar-refractivity contribution in [3.63, 3.8) is 0 Å². The van der Waals surface area contributed by atoms with Gasteiger partial charge in [0.05, 0.1) is 11.7 Å². The molecule has 14 heavy (non-hydrogen) atoms. The van der Waals surface area contributed by atoms with Crippen LogP contribution in [0.1, 0.15) is 11.9 Å². The van der Waals surface area contributed by atoms with Gasteiger partial charge in [-0.15, -0.1) is 11.3 Å². The lowest BCUT2D eigenvalue weighted by Crippen LogP contribution is -2.18. The van der Waals surface area contributed by atoms with Gasteiger partial charge in [0.1, 0.15) is 5.01 Å². The zero-order valence-corrected chi connectivity index (χ0v) is 9.31. The van der Waals surface area contributed by atoms with Crippen molar-refractivity contribution in [2.45, 2.75) is 12.7 Å². The molecule has 2 atom stereocenters. The van der Waals surface area contributed by atoms with Crippen LogP contribution in [0.25, 0.3) is 0 Å². The number of carbonyl (C=O) groups is 1. The highest BCUT2D eigenvalue weighted by molar-refractivity contribution is 7.84. The molecule has 0 saturated heterocycles. The number of rotatable bonds is 5. The SMILES string of the molecule is CC(CS(=O)Cc1nccs1)C(=O)O. The van der Waals surface area contributed by atoms with E-state index in [2.05, 4.69) is 4.98 Å². The van der Waals surface area contributed by atoms with Gasteiger partial charge in [-0.2, -0.15) is 0 Å². The molecule has 0 radical (unpaired) electrons. The van der Waals surface area contributed by atoms with Crippen molar-refractivity contribution in [3.05, 3.63) is 16.6 Å². The molecule has 6 heteroatoms. The van der Waals surface area contributed by atoms with Crippen molar-refractivity contribution >= 4 is 28.1 Å². The third-order valence-electron chi connectivity index (χ3n) is 1.63. The number of thiazole rings is 1. The second-order valence-electron chi connectivity index (χ2n) is 2.92. The van der Waals surface area contributed by atoms with Gasteiger partial charge in [-0.05, 0) is 0 Å². The van der Waals surface area contributed by atoms with E-state index in [0.717, 1.165) is 5.01 Å². The Morgan fingerprint density at radius 1 is 1.79 bits per heavy atom. The monoisotopic (exact) mass is 233 g/mol. The maximum Gasteiger partial charge on any atom is 0.307 e. The minimum atomic E-state index is -1.13. The molecule has 78 valence electrons. The maximum atomic E-state index is 11.4. The van der Waals surface area contributed by atoms with E-state index in [1.165, 1.54) is 11.3 Å². The second kappa shape index (κ2) is 5.21. The van der Waals surface area contributed by atoms with Crippen molar-refractivity contribution in [1.82, 2.24) is 4.98 Å². The molecule has 0 aliphatic rings. The standard InChI is InChI=1S/C8H11NO3S2/c1-6(8(10)11)4-14(12)5-7-9-2-3-13-7/h2-3,6H,4-5H2,1H3,(H,10,11). The summed E-state index contributed by atoms with van der Waals surface area (Å²) in [6.07, 6.45) is 1.65. The third-order valence-corrected chi connectivity index (χ3v) is 4.05. The van der Waals surface area contributed by atoms with Crippen LogP contribution in [0, 0.1) is 5.92 Å². The Balaban J connectivity index is 2.40. The summed E-state index contributed by atoms with van der Waals surface area (Å²) in [7, 11) is -1.13. The van der Waals surface area contributed by atoms with E-state index in [4.69, 9.17) is 5.11 Å². The Labute approximate surface area is 88.4 Å². The minimum absolute atomic E-state index is 0.189. The third kappa shape index (κ3) is 3.55. The Hall–Kier alpha value is -0.750. The molecule has 0 bridgehead atoms. The molecule has 2 unspecified atom stereocenters. The second-order valence-corrected chi connectivity index (χ2v) is 5.40. The van der Waals surface area contributed by atoms with Crippen molar-refractivity contribution in [3.8, 4) is 0 Å². The number of hydrogen-bond acceptors (Lipinski definition) is 4. The van der Waals surface area contributed by atoms with Crippen LogP contribution in [-0.4, -0.2) is 26.0 Å². The Morgan fingerprint density at radius 2 is 2.50 bits per heavy atom. The first kappa shape index (κ1) is 11.3. The summed E-state index contributed by atoms with van der Waals surface area (Å²) in [5, 5.41) is 11.2. The molecule has 1 heterocycles. The molecule has 0 amide bonds. The summed E-state index contributed by atoms with van der Waals surface area (Å²) in [6, 6.07) is 0. The van der Waals surface area contributed by atoms with Crippen LogP contribution < -0.4 is 0 Å². The van der Waals surface area contributed by atoms with Gasteiger partial charge in [0.2, 0.25) is 0 Å². The van der Waals surface area contributed by atoms with Crippen LogP contribution in [-0.2, 0) is 21.3 Å². The fourth-order valence-electron chi connectivity index (χ4n) is 0.871. The van der Waals surface area contributed by atoms with Gasteiger partial charge in [0.25, 0.3) is 0 Å². The van der Waals surface area contributed by atoms with Crippen LogP contribution in [0.5, 0.6) is 0 Å². The van der Waals surface area contributed by atoms with E-state index in [0.29, 0.717) is 5.75 Å². The first-order valence-electron chi connectivity index (χ1n) is 4.05. The summed E-state index contributed by atoms with van der Waals surface area (Å²) >= 11 is 1.44. The fraction of sp³-hybridized carbons (Fsp3) is 0.500. The zero-order chi connectivity index (χ0) is 10.6. The van der Waals surface area contributed by atoms with E-state index in [1.807, 2.05) is 5.38 Å². The Kier molecular flexibility index (Phi) is 4.21. The smallest absolute Gasteiger partial charge is 0.307 e. The van der Waals surface area contributed by atoms with Crippen molar-refractivity contribution < 1.29 is 14.1 Å². The molecule has 1 rings (SSSR count). The number of nitrogens with zero attached hydrogens (tertiary/aromatic N) is 1. The van der Waals surface area contributed by atoms with Crippen molar-refractivity contribution in [1.29, 1.82) is 0 Å². The van der Waals surface area contributed by atoms with E-state index >= 15 is 0 Å². The van der Waals surface area contributed by atoms with E-state index in [-0.39, 0.29) is 5.75 Å². The van der Waals surface area contributed by atoms with Gasteiger partial charge in [-0.1, -0.05) is 6.92 Å². The van der Waals surface area contributed by atoms with Crippen LogP contribution >= 0.6 is 11.3 Å². The quantitative estimate of drug-likeness (QED) is 0.827. The Bertz CT molecular complexity index is 323. The summed E-state index contributed by atoms with van der Waals surface area (Å²) < 4.78 is 11.4. The number of carboxylic acid groups (broad SMARTS) is 1. The van der Waals surface area contributed by atoms with Gasteiger partial charge >= 0.3 is 5.97 Å². The first-order valence-corrected chi connectivity index (χ1v) is 6.42. The molecule has 1 aromatic heterocycles. The minimum Gasteiger partial charge on any atom is -0.481 e. The number of aliphatic carboxylic acids is 1. The number of hydrogen-bond donors (Lipinski definition) is 1. The highest BCUT2D eigenvalue weighted by atomic mass is 32.2. The molecule has 0 spiro atoms. The first-order chi connectivity index (χ1) is 6.59. The van der Waals surface area contributed by atoms with Gasteiger partial charge in [0, 0.05) is 28.1 Å². The molecule has 0 aromatic carbocycles. The molecule has 0 saturated carbocycles. The van der Waals surface area contributed by atoms with Crippen LogP contribution in [0.15, 0.2) is 11.6 Å². The molecular formula is C8H11NO3S2. The highest BCUT2D eigenvalue weighted by Gasteiger charge is 2.15. The maximum absolute atomic E-state index is 11.4. The summed E-state index contributed by atoms with van der Waals surface area (Å²) in [5.41, 5.74) is 0. The van der Waals surface area contributed by atoms with Gasteiger partial charge in [-0.3, -0.25) is 9.00 Å². The summed E-state index contributed by atoms with van der Waals surface area (Å²) in [5.74, 6) is -0.919. The van der Waals surface area contributed by atoms with Crippen LogP contribution in [0.2, 0.25) is 0 Å².